The highest BCUT2D eigenvalue weighted by Gasteiger charge is 1.85. The molecule has 1 radical (unpaired) electrons. The van der Waals surface area contributed by atoms with Gasteiger partial charge in [0.25, 0.3) is 0 Å². The van der Waals surface area contributed by atoms with Crippen LogP contribution in [-0.4, -0.2) is 23.1 Å². The van der Waals surface area contributed by atoms with Gasteiger partial charge in [0, 0.05) is 0 Å². The molecule has 0 saturated carbocycles. The van der Waals surface area contributed by atoms with Crippen molar-refractivity contribution in [1.82, 2.24) is 0 Å². The van der Waals surface area contributed by atoms with E-state index in [1.54, 1.807) is 0 Å². The van der Waals surface area contributed by atoms with Gasteiger partial charge >= 0.3 is 23.1 Å². The van der Waals surface area contributed by atoms with E-state index >= 15 is 0 Å². The summed E-state index contributed by atoms with van der Waals surface area (Å²) in [6, 6.07) is 17.3. The second-order valence-electron chi connectivity index (χ2n) is 2.27. The van der Waals surface area contributed by atoms with Gasteiger partial charge in [-0.25, -0.2) is 0 Å². The molecule has 0 nitrogen and oxygen atoms in total. The monoisotopic (exact) mass is 153 g/mol. The van der Waals surface area contributed by atoms with Crippen molar-refractivity contribution in [1.29, 1.82) is 0 Å². The lowest BCUT2D eigenvalue weighted by Gasteiger charge is -1.92. The van der Waals surface area contributed by atoms with Crippen molar-refractivity contribution < 1.29 is 0 Å². The fraction of sp³-hybridized carbons (Fsp3) is 0. The molecule has 51 valence electrons. The molecule has 0 aliphatic rings. The molecule has 1 heteroatoms. The van der Waals surface area contributed by atoms with Crippen LogP contribution in [0.4, 0.5) is 0 Å². The summed E-state index contributed by atoms with van der Waals surface area (Å²) in [6.45, 7) is 0. The van der Waals surface area contributed by atoms with Crippen molar-refractivity contribution >= 4 is 33.8 Å². The Hall–Kier alpha value is -0.534. The van der Waals surface area contributed by atoms with E-state index < -0.39 is 0 Å². The molecule has 0 saturated heterocycles. The predicted octanol–water partition coefficient (Wildman–Crippen LogP) is 1.72. The van der Waals surface area contributed by atoms with E-state index in [1.165, 1.54) is 10.8 Å². The first-order valence-electron chi connectivity index (χ1n) is 3.32. The summed E-state index contributed by atoms with van der Waals surface area (Å²) in [7, 11) is 0. The third-order valence-corrected chi connectivity index (χ3v) is 1.59. The Morgan fingerprint density at radius 3 is 2.36 bits per heavy atom. The van der Waals surface area contributed by atoms with Gasteiger partial charge in [0.15, 0.2) is 0 Å². The van der Waals surface area contributed by atoms with E-state index in [-0.39, 0.29) is 23.1 Å². The third kappa shape index (κ3) is 1.73. The van der Waals surface area contributed by atoms with Crippen LogP contribution in [0.1, 0.15) is 0 Å². The largest absolute Gasteiger partial charge is 0.316 e. The molecule has 0 aliphatic carbocycles. The van der Waals surface area contributed by atoms with E-state index in [1.807, 2.05) is 24.3 Å². The van der Waals surface area contributed by atoms with E-state index in [4.69, 9.17) is 0 Å². The third-order valence-electron chi connectivity index (χ3n) is 1.59. The molecule has 0 bridgehead atoms. The van der Waals surface area contributed by atoms with Crippen LogP contribution in [-0.2, 0) is 0 Å². The lowest BCUT2D eigenvalue weighted by atomic mass is 10.1. The Balaban J connectivity index is 0.000000605. The summed E-state index contributed by atoms with van der Waals surface area (Å²) in [4.78, 5) is 0. The van der Waals surface area contributed by atoms with Gasteiger partial charge in [-0.3, -0.25) is 0 Å². The van der Waals surface area contributed by atoms with Crippen molar-refractivity contribution in [2.45, 2.75) is 0 Å². The second kappa shape index (κ2) is 3.74. The number of fused-ring (bicyclic) bond motifs is 1. The van der Waals surface area contributed by atoms with Crippen molar-refractivity contribution in [3.63, 3.8) is 0 Å². The fourth-order valence-electron chi connectivity index (χ4n) is 1.07. The van der Waals surface area contributed by atoms with Crippen LogP contribution >= 0.6 is 0 Å². The molecule has 11 heavy (non-hydrogen) atoms. The summed E-state index contributed by atoms with van der Waals surface area (Å²) < 4.78 is 0. The zero-order chi connectivity index (χ0) is 6.81. The molecule has 0 fully saturated rings. The van der Waals surface area contributed by atoms with Crippen LogP contribution in [0.3, 0.4) is 0 Å². The zero-order valence-electron chi connectivity index (χ0n) is 5.54. The van der Waals surface area contributed by atoms with E-state index in [0.717, 1.165) is 0 Å². The number of hydrogen-bond donors (Lipinski definition) is 0. The molecular weight excluding hydrogens is 144 g/mol. The van der Waals surface area contributed by atoms with Gasteiger partial charge in [0.05, 0.1) is 0 Å². The highest BCUT2D eigenvalue weighted by molar-refractivity contribution is 5.81. The van der Waals surface area contributed by atoms with Crippen molar-refractivity contribution in [3.8, 4) is 0 Å². The maximum atomic E-state index is 3.04. The van der Waals surface area contributed by atoms with E-state index in [9.17, 15) is 0 Å². The molecule has 0 unspecified atom stereocenters. The van der Waals surface area contributed by atoms with E-state index in [0.29, 0.717) is 0 Å². The van der Waals surface area contributed by atoms with Gasteiger partial charge in [0.1, 0.15) is 0 Å². The average Bonchev–Trinajstić information content (AvgIpc) is 2.05. The first kappa shape index (κ1) is 8.56. The molecule has 0 aliphatic heterocycles. The van der Waals surface area contributed by atoms with Gasteiger partial charge in [0.2, 0.25) is 0 Å². The second-order valence-corrected chi connectivity index (χ2v) is 2.27. The minimum atomic E-state index is 0. The summed E-state index contributed by atoms with van der Waals surface area (Å²) in [5, 5.41) is 2.53. The smallest absolute Gasteiger partial charge is 0.0616 e. The lowest BCUT2D eigenvalue weighted by molar-refractivity contribution is 1.74. The molecule has 0 amide bonds. The molecule has 2 rings (SSSR count). The van der Waals surface area contributed by atoms with Crippen LogP contribution in [0, 0.1) is 6.07 Å². The Labute approximate surface area is 82.4 Å². The highest BCUT2D eigenvalue weighted by Crippen LogP contribution is 2.10. The van der Waals surface area contributed by atoms with Crippen molar-refractivity contribution in [3.05, 3.63) is 48.5 Å². The maximum Gasteiger partial charge on any atom is 0.316 e. The molecule has 0 aromatic heterocycles. The average molecular weight is 153 g/mol. The Bertz CT molecular complexity index is 276. The maximum absolute atomic E-state index is 3.04. The zero-order valence-corrected chi connectivity index (χ0v) is 5.54. The van der Waals surface area contributed by atoms with E-state index in [2.05, 4.69) is 24.3 Å². The Morgan fingerprint density at radius 2 is 1.64 bits per heavy atom. The highest BCUT2D eigenvalue weighted by atomic mass is 24.3. The SMILES string of the molecule is [MgH2].[c]1ccc2ccccc2c1. The summed E-state index contributed by atoms with van der Waals surface area (Å²) in [6.07, 6.45) is 0. The summed E-state index contributed by atoms with van der Waals surface area (Å²) in [5.41, 5.74) is 0. The molecule has 2 aromatic carbocycles. The standard InChI is InChI=1S/C10H7.Mg.2H/c1-2-6-10-8-4-3-7-9(10)5-1;;;/h1-3,5-8H;;;. The van der Waals surface area contributed by atoms with Gasteiger partial charge < -0.3 is 0 Å². The van der Waals surface area contributed by atoms with Gasteiger partial charge in [-0.05, 0) is 22.9 Å². The predicted molar refractivity (Wildman–Crippen MR) is 51.3 cm³/mol. The minimum Gasteiger partial charge on any atom is -0.0616 e. The van der Waals surface area contributed by atoms with Crippen molar-refractivity contribution in [2.75, 3.05) is 0 Å². The minimum absolute atomic E-state index is 0. The molecule has 0 atom stereocenters. The van der Waals surface area contributed by atoms with Crippen LogP contribution < -0.4 is 0 Å². The van der Waals surface area contributed by atoms with Crippen LogP contribution in [0.5, 0.6) is 0 Å². The normalized spacial score (nSPS) is 9.09. The first-order chi connectivity index (χ1) is 4.97. The number of benzene rings is 2. The van der Waals surface area contributed by atoms with Gasteiger partial charge in [-0.1, -0.05) is 36.4 Å². The summed E-state index contributed by atoms with van der Waals surface area (Å²) in [5.74, 6) is 0. The van der Waals surface area contributed by atoms with Crippen molar-refractivity contribution in [2.24, 2.45) is 0 Å². The lowest BCUT2D eigenvalue weighted by Crippen LogP contribution is -1.67. The van der Waals surface area contributed by atoms with Crippen LogP contribution in [0.2, 0.25) is 0 Å². The van der Waals surface area contributed by atoms with Crippen LogP contribution in [0.25, 0.3) is 10.8 Å². The van der Waals surface area contributed by atoms with Gasteiger partial charge in [-0.15, -0.1) is 0 Å². The molecular formula is C10H9Mg. The summed E-state index contributed by atoms with van der Waals surface area (Å²) >= 11 is 0. The molecule has 2 aromatic rings. The Morgan fingerprint density at radius 1 is 0.909 bits per heavy atom. The number of rotatable bonds is 0. The molecule has 0 N–H and O–H groups in total. The topological polar surface area (TPSA) is 0 Å². The Kier molecular flexibility index (Phi) is 2.91. The van der Waals surface area contributed by atoms with Crippen LogP contribution in [0.15, 0.2) is 42.5 Å². The fourth-order valence-corrected chi connectivity index (χ4v) is 1.07. The number of hydrogen-bond acceptors (Lipinski definition) is 0. The first-order valence-corrected chi connectivity index (χ1v) is 3.32. The van der Waals surface area contributed by atoms with Gasteiger partial charge in [-0.2, -0.15) is 0 Å². The molecule has 0 heterocycles. The molecule has 0 spiro atoms. The quantitative estimate of drug-likeness (QED) is 0.506.